The van der Waals surface area contributed by atoms with E-state index in [2.05, 4.69) is 9.84 Å². The van der Waals surface area contributed by atoms with E-state index in [0.29, 0.717) is 10.2 Å². The fourth-order valence-electron chi connectivity index (χ4n) is 2.78. The average Bonchev–Trinajstić information content (AvgIpc) is 2.64. The van der Waals surface area contributed by atoms with Gasteiger partial charge in [-0.15, -0.1) is 0 Å². The standard InChI is InChI=1S/C19H14F2N2O5/c1-10-6-7-15(28-19(20)21)13(8-10)14(24)9-23-17(25)12-5-3-2-4-11(12)16(22-23)18(26)27/h2-8,19H,9H2,1H3,(H,26,27). The van der Waals surface area contributed by atoms with Crippen LogP contribution in [0.2, 0.25) is 0 Å². The van der Waals surface area contributed by atoms with Gasteiger partial charge in [0.2, 0.25) is 0 Å². The smallest absolute Gasteiger partial charge is 0.387 e. The molecule has 1 N–H and O–H groups in total. The number of aromatic nitrogens is 2. The highest BCUT2D eigenvalue weighted by molar-refractivity contribution is 6.02. The Labute approximate surface area is 156 Å². The van der Waals surface area contributed by atoms with Gasteiger partial charge in [-0.25, -0.2) is 9.48 Å². The number of carbonyl (C=O) groups is 2. The van der Waals surface area contributed by atoms with E-state index in [1.54, 1.807) is 19.1 Å². The number of carboxylic acids is 1. The van der Waals surface area contributed by atoms with Crippen LogP contribution in [0.3, 0.4) is 0 Å². The van der Waals surface area contributed by atoms with Gasteiger partial charge in [0.1, 0.15) is 12.3 Å². The first-order valence-electron chi connectivity index (χ1n) is 8.09. The molecule has 7 nitrogen and oxygen atoms in total. The van der Waals surface area contributed by atoms with Crippen LogP contribution in [0.15, 0.2) is 47.3 Å². The van der Waals surface area contributed by atoms with Crippen molar-refractivity contribution in [2.45, 2.75) is 20.1 Å². The van der Waals surface area contributed by atoms with E-state index in [1.807, 2.05) is 0 Å². The van der Waals surface area contributed by atoms with E-state index >= 15 is 0 Å². The Bertz CT molecular complexity index is 1140. The maximum Gasteiger partial charge on any atom is 0.387 e. The summed E-state index contributed by atoms with van der Waals surface area (Å²) in [5.74, 6) is -2.42. The highest BCUT2D eigenvalue weighted by atomic mass is 19.3. The van der Waals surface area contributed by atoms with Crippen molar-refractivity contribution in [2.24, 2.45) is 0 Å². The molecule has 2 aromatic carbocycles. The Balaban J connectivity index is 2.08. The number of alkyl halides is 2. The van der Waals surface area contributed by atoms with Crippen LogP contribution in [-0.4, -0.2) is 33.3 Å². The topological polar surface area (TPSA) is 98.5 Å². The Hall–Kier alpha value is -3.62. The summed E-state index contributed by atoms with van der Waals surface area (Å²) in [6.45, 7) is -2.10. The van der Waals surface area contributed by atoms with Gasteiger partial charge >= 0.3 is 12.6 Å². The maximum absolute atomic E-state index is 12.7. The molecule has 0 unspecified atom stereocenters. The number of Topliss-reactive ketones (excluding diaryl/α,β-unsaturated/α-hetero) is 1. The number of halogens is 2. The third-order valence-corrected chi connectivity index (χ3v) is 4.02. The van der Waals surface area contributed by atoms with Crippen molar-refractivity contribution >= 4 is 22.5 Å². The van der Waals surface area contributed by atoms with Crippen LogP contribution in [0.1, 0.15) is 26.4 Å². The summed E-state index contributed by atoms with van der Waals surface area (Å²) in [6, 6.07) is 10.1. The summed E-state index contributed by atoms with van der Waals surface area (Å²) in [5.41, 5.74) is -0.594. The molecule has 3 rings (SSSR count). The molecule has 0 saturated carbocycles. The van der Waals surface area contributed by atoms with Crippen LogP contribution in [-0.2, 0) is 6.54 Å². The number of carboxylic acid groups (broad SMARTS) is 1. The molecule has 0 amide bonds. The number of hydrogen-bond donors (Lipinski definition) is 1. The lowest BCUT2D eigenvalue weighted by Gasteiger charge is -2.12. The first-order chi connectivity index (χ1) is 13.3. The second-order valence-corrected chi connectivity index (χ2v) is 5.96. The monoisotopic (exact) mass is 388 g/mol. The molecule has 0 atom stereocenters. The average molecular weight is 388 g/mol. The second kappa shape index (κ2) is 7.55. The molecule has 9 heteroatoms. The zero-order valence-electron chi connectivity index (χ0n) is 14.6. The van der Waals surface area contributed by atoms with Crippen molar-refractivity contribution in [3.8, 4) is 5.75 Å². The van der Waals surface area contributed by atoms with Crippen LogP contribution < -0.4 is 10.3 Å². The number of rotatable bonds is 6. The lowest BCUT2D eigenvalue weighted by molar-refractivity contribution is -0.0501. The lowest BCUT2D eigenvalue weighted by Crippen LogP contribution is -2.29. The molecule has 3 aromatic rings. The van der Waals surface area contributed by atoms with Gasteiger partial charge in [0.15, 0.2) is 11.5 Å². The summed E-state index contributed by atoms with van der Waals surface area (Å²) in [6.07, 6.45) is 0. The van der Waals surface area contributed by atoms with E-state index < -0.39 is 36.2 Å². The zero-order chi connectivity index (χ0) is 20.4. The van der Waals surface area contributed by atoms with Crippen LogP contribution in [0, 0.1) is 6.92 Å². The number of carbonyl (C=O) groups excluding carboxylic acids is 1. The largest absolute Gasteiger partial charge is 0.476 e. The molecule has 1 aromatic heterocycles. The van der Waals surface area contributed by atoms with Crippen LogP contribution in [0.5, 0.6) is 5.75 Å². The van der Waals surface area contributed by atoms with Crippen LogP contribution in [0.4, 0.5) is 8.78 Å². The molecule has 1 heterocycles. The van der Waals surface area contributed by atoms with Gasteiger partial charge in [-0.3, -0.25) is 9.59 Å². The molecule has 0 spiro atoms. The highest BCUT2D eigenvalue weighted by Crippen LogP contribution is 2.23. The van der Waals surface area contributed by atoms with Gasteiger partial charge in [0.05, 0.1) is 10.9 Å². The molecule has 0 aliphatic heterocycles. The predicted octanol–water partition coefficient (Wildman–Crippen LogP) is 2.89. The molecule has 0 aliphatic carbocycles. The minimum atomic E-state index is -3.13. The summed E-state index contributed by atoms with van der Waals surface area (Å²) in [7, 11) is 0. The molecule has 0 aliphatic rings. The molecular formula is C19H14F2N2O5. The zero-order valence-corrected chi connectivity index (χ0v) is 14.6. The summed E-state index contributed by atoms with van der Waals surface area (Å²) in [5, 5.41) is 13.4. The van der Waals surface area contributed by atoms with E-state index in [1.165, 1.54) is 30.3 Å². The minimum absolute atomic E-state index is 0.0796. The third-order valence-electron chi connectivity index (χ3n) is 4.02. The van der Waals surface area contributed by atoms with Gasteiger partial charge in [-0.1, -0.05) is 29.8 Å². The molecule has 0 bridgehead atoms. The van der Waals surface area contributed by atoms with Gasteiger partial charge in [0, 0.05) is 5.39 Å². The van der Waals surface area contributed by atoms with Gasteiger partial charge < -0.3 is 9.84 Å². The van der Waals surface area contributed by atoms with Gasteiger partial charge in [-0.05, 0) is 25.1 Å². The number of aryl methyl sites for hydroxylation is 1. The Morgan fingerprint density at radius 3 is 2.50 bits per heavy atom. The molecule has 0 radical (unpaired) electrons. The number of benzene rings is 2. The predicted molar refractivity (Wildman–Crippen MR) is 95.1 cm³/mol. The Morgan fingerprint density at radius 2 is 1.86 bits per heavy atom. The quantitative estimate of drug-likeness (QED) is 0.652. The first-order valence-corrected chi connectivity index (χ1v) is 8.09. The molecular weight excluding hydrogens is 374 g/mol. The normalized spacial score (nSPS) is 11.0. The van der Waals surface area contributed by atoms with Crippen molar-refractivity contribution in [2.75, 3.05) is 0 Å². The minimum Gasteiger partial charge on any atom is -0.476 e. The SMILES string of the molecule is Cc1ccc(OC(F)F)c(C(=O)Cn2nc(C(=O)O)c3ccccc3c2=O)c1. The maximum atomic E-state index is 12.7. The van der Waals surface area contributed by atoms with Crippen molar-refractivity contribution < 1.29 is 28.2 Å². The fourth-order valence-corrected chi connectivity index (χ4v) is 2.78. The number of fused-ring (bicyclic) bond motifs is 1. The first kappa shape index (κ1) is 19.2. The van der Waals surface area contributed by atoms with Crippen LogP contribution in [0.25, 0.3) is 10.8 Å². The Kier molecular flexibility index (Phi) is 5.16. The number of nitrogens with zero attached hydrogens (tertiary/aromatic N) is 2. The number of aromatic carboxylic acids is 1. The second-order valence-electron chi connectivity index (χ2n) is 5.96. The van der Waals surface area contributed by atoms with Crippen molar-refractivity contribution in [1.82, 2.24) is 9.78 Å². The molecule has 0 fully saturated rings. The van der Waals surface area contributed by atoms with E-state index in [9.17, 15) is 28.3 Å². The summed E-state index contributed by atoms with van der Waals surface area (Å²) >= 11 is 0. The van der Waals surface area contributed by atoms with E-state index in [4.69, 9.17) is 0 Å². The third kappa shape index (κ3) is 3.73. The van der Waals surface area contributed by atoms with Crippen molar-refractivity contribution in [3.63, 3.8) is 0 Å². The van der Waals surface area contributed by atoms with Gasteiger partial charge in [0.25, 0.3) is 5.56 Å². The van der Waals surface area contributed by atoms with Gasteiger partial charge in [-0.2, -0.15) is 13.9 Å². The highest BCUT2D eigenvalue weighted by Gasteiger charge is 2.20. The number of ether oxygens (including phenoxy) is 1. The van der Waals surface area contributed by atoms with Crippen molar-refractivity contribution in [3.05, 3.63) is 69.6 Å². The summed E-state index contributed by atoms with van der Waals surface area (Å²) in [4.78, 5) is 36.8. The van der Waals surface area contributed by atoms with E-state index in [-0.39, 0.29) is 22.1 Å². The van der Waals surface area contributed by atoms with E-state index in [0.717, 1.165) is 0 Å². The molecule has 28 heavy (non-hydrogen) atoms. The van der Waals surface area contributed by atoms with Crippen LogP contribution >= 0.6 is 0 Å². The number of hydrogen-bond acceptors (Lipinski definition) is 5. The fraction of sp³-hybridized carbons (Fsp3) is 0.158. The summed E-state index contributed by atoms with van der Waals surface area (Å²) < 4.78 is 30.3. The molecule has 144 valence electrons. The lowest BCUT2D eigenvalue weighted by atomic mass is 10.1. The number of ketones is 1. The molecule has 0 saturated heterocycles. The Morgan fingerprint density at radius 1 is 1.18 bits per heavy atom. The van der Waals surface area contributed by atoms with Crippen molar-refractivity contribution in [1.29, 1.82) is 0 Å².